The van der Waals surface area contributed by atoms with E-state index in [9.17, 15) is 19.1 Å². The fourth-order valence-electron chi connectivity index (χ4n) is 3.22. The van der Waals surface area contributed by atoms with Crippen LogP contribution in [-0.2, 0) is 4.79 Å². The molecule has 138 valence electrons. The highest BCUT2D eigenvalue weighted by Crippen LogP contribution is 2.31. The van der Waals surface area contributed by atoms with Crippen LogP contribution in [0.3, 0.4) is 0 Å². The molecule has 1 amide bonds. The Labute approximate surface area is 149 Å². The van der Waals surface area contributed by atoms with E-state index >= 15 is 0 Å². The summed E-state index contributed by atoms with van der Waals surface area (Å²) in [6.07, 6.45) is -0.564. The number of aliphatic hydroxyl groups excluding tert-OH is 1. The molecule has 7 nitrogen and oxygen atoms in total. The number of fused-ring (bicyclic) bond motifs is 1. The lowest BCUT2D eigenvalue weighted by Gasteiger charge is -2.22. The quantitative estimate of drug-likeness (QED) is 0.751. The molecule has 0 spiro atoms. The summed E-state index contributed by atoms with van der Waals surface area (Å²) in [7, 11) is 1.45. The van der Waals surface area contributed by atoms with Gasteiger partial charge in [-0.2, -0.15) is 0 Å². The van der Waals surface area contributed by atoms with E-state index in [0.29, 0.717) is 23.0 Å². The molecule has 3 rings (SSSR count). The minimum atomic E-state index is -1.78. The van der Waals surface area contributed by atoms with E-state index in [0.717, 1.165) is 5.39 Å². The van der Waals surface area contributed by atoms with Crippen LogP contribution in [0.25, 0.3) is 10.8 Å². The third kappa shape index (κ3) is 3.20. The number of carbonyl (C=O) groups excluding carboxylic acids is 2. The number of pyridine rings is 1. The van der Waals surface area contributed by atoms with E-state index in [1.54, 1.807) is 18.2 Å². The fourth-order valence-corrected chi connectivity index (χ4v) is 3.22. The van der Waals surface area contributed by atoms with Gasteiger partial charge in [0, 0.05) is 17.5 Å². The number of methoxy groups -OCH3 is 1. The molecule has 2 heterocycles. The number of nitrogens with one attached hydrogen (secondary N) is 1. The Morgan fingerprint density at radius 3 is 2.88 bits per heavy atom. The Morgan fingerprint density at radius 2 is 2.23 bits per heavy atom. The van der Waals surface area contributed by atoms with Crippen molar-refractivity contribution >= 4 is 23.0 Å². The van der Waals surface area contributed by atoms with Crippen LogP contribution in [0.15, 0.2) is 24.4 Å². The van der Waals surface area contributed by atoms with Crippen molar-refractivity contribution in [2.24, 2.45) is 5.92 Å². The van der Waals surface area contributed by atoms with Gasteiger partial charge in [0.15, 0.2) is 12.5 Å². The standard InChI is InChI=1S/C18H19FN2O5/c1-9(23)15-13(21-17(24)16(15)19)8-26-18-12-6-14(25-2)11(7-22)5-10(12)3-4-20-18/h3-7,9,13,15-16,23H,8H2,1-2H3,(H,21,24). The van der Waals surface area contributed by atoms with Crippen molar-refractivity contribution in [3.63, 3.8) is 0 Å². The van der Waals surface area contributed by atoms with Gasteiger partial charge in [0.25, 0.3) is 5.91 Å². The van der Waals surface area contributed by atoms with Gasteiger partial charge in [-0.3, -0.25) is 9.59 Å². The Morgan fingerprint density at radius 1 is 1.46 bits per heavy atom. The SMILES string of the molecule is COc1cc2c(OCC3NC(=O)C(F)C3C(C)O)nccc2cc1C=O. The minimum Gasteiger partial charge on any atom is -0.496 e. The maximum Gasteiger partial charge on any atom is 0.255 e. The van der Waals surface area contributed by atoms with Crippen LogP contribution in [0.2, 0.25) is 0 Å². The summed E-state index contributed by atoms with van der Waals surface area (Å²) in [5, 5.41) is 13.6. The second-order valence-corrected chi connectivity index (χ2v) is 6.20. The van der Waals surface area contributed by atoms with Gasteiger partial charge in [0.2, 0.25) is 5.88 Å². The molecule has 0 aliphatic carbocycles. The van der Waals surface area contributed by atoms with Gasteiger partial charge in [-0.05, 0) is 30.5 Å². The lowest BCUT2D eigenvalue weighted by atomic mass is 9.94. The molecule has 26 heavy (non-hydrogen) atoms. The molecule has 1 fully saturated rings. The number of amides is 1. The zero-order valence-corrected chi connectivity index (χ0v) is 14.3. The largest absolute Gasteiger partial charge is 0.496 e. The topological polar surface area (TPSA) is 97.8 Å². The fraction of sp³-hybridized carbons (Fsp3) is 0.389. The number of carbonyl (C=O) groups is 2. The summed E-state index contributed by atoms with van der Waals surface area (Å²) in [5.74, 6) is -1.01. The molecule has 1 aromatic carbocycles. The van der Waals surface area contributed by atoms with Crippen molar-refractivity contribution in [3.8, 4) is 11.6 Å². The highest BCUT2D eigenvalue weighted by molar-refractivity contribution is 5.94. The number of rotatable bonds is 6. The molecular formula is C18H19FN2O5. The van der Waals surface area contributed by atoms with Crippen molar-refractivity contribution in [1.29, 1.82) is 0 Å². The molecule has 1 aromatic heterocycles. The van der Waals surface area contributed by atoms with E-state index in [4.69, 9.17) is 9.47 Å². The molecule has 1 saturated heterocycles. The number of hydrogen-bond donors (Lipinski definition) is 2. The average molecular weight is 362 g/mol. The number of aromatic nitrogens is 1. The second-order valence-electron chi connectivity index (χ2n) is 6.20. The van der Waals surface area contributed by atoms with Crippen molar-refractivity contribution in [2.75, 3.05) is 13.7 Å². The third-order valence-corrected chi connectivity index (χ3v) is 4.54. The van der Waals surface area contributed by atoms with Gasteiger partial charge < -0.3 is 19.9 Å². The van der Waals surface area contributed by atoms with Crippen LogP contribution in [0.1, 0.15) is 17.3 Å². The number of aliphatic hydroxyl groups is 1. The smallest absolute Gasteiger partial charge is 0.255 e. The van der Waals surface area contributed by atoms with Crippen LogP contribution < -0.4 is 14.8 Å². The highest BCUT2D eigenvalue weighted by atomic mass is 19.1. The van der Waals surface area contributed by atoms with Crippen molar-refractivity contribution in [1.82, 2.24) is 10.3 Å². The molecule has 1 aliphatic rings. The third-order valence-electron chi connectivity index (χ3n) is 4.54. The normalized spacial score (nSPS) is 23.5. The van der Waals surface area contributed by atoms with Gasteiger partial charge in [-0.15, -0.1) is 0 Å². The number of alkyl halides is 1. The number of nitrogens with zero attached hydrogens (tertiary/aromatic N) is 1. The lowest BCUT2D eigenvalue weighted by Crippen LogP contribution is -2.39. The van der Waals surface area contributed by atoms with Crippen LogP contribution in [0, 0.1) is 5.92 Å². The molecule has 4 atom stereocenters. The molecule has 0 saturated carbocycles. The maximum absolute atomic E-state index is 14.0. The number of hydrogen-bond acceptors (Lipinski definition) is 6. The molecule has 2 aromatic rings. The molecule has 8 heteroatoms. The Kier molecular flexibility index (Phi) is 5.03. The van der Waals surface area contributed by atoms with Gasteiger partial charge >= 0.3 is 0 Å². The molecule has 0 radical (unpaired) electrons. The Balaban J connectivity index is 1.87. The van der Waals surface area contributed by atoms with Gasteiger partial charge in [-0.1, -0.05) is 0 Å². The first-order chi connectivity index (χ1) is 12.5. The summed E-state index contributed by atoms with van der Waals surface area (Å²) >= 11 is 0. The van der Waals surface area contributed by atoms with Gasteiger partial charge in [0.1, 0.15) is 12.4 Å². The summed E-state index contributed by atoms with van der Waals surface area (Å²) in [6.45, 7) is 1.39. The van der Waals surface area contributed by atoms with Crippen molar-refractivity contribution in [3.05, 3.63) is 30.0 Å². The number of halogens is 1. The first-order valence-corrected chi connectivity index (χ1v) is 8.13. The molecule has 4 unspecified atom stereocenters. The first kappa shape index (κ1) is 18.1. The van der Waals surface area contributed by atoms with Crippen molar-refractivity contribution < 1.29 is 28.6 Å². The van der Waals surface area contributed by atoms with E-state index in [1.807, 2.05) is 0 Å². The minimum absolute atomic E-state index is 0.0500. The van der Waals surface area contributed by atoms with Crippen LogP contribution in [0.5, 0.6) is 11.6 Å². The van der Waals surface area contributed by atoms with Crippen LogP contribution in [-0.4, -0.2) is 54.3 Å². The molecule has 1 aliphatic heterocycles. The van der Waals surface area contributed by atoms with Crippen LogP contribution >= 0.6 is 0 Å². The molecular weight excluding hydrogens is 343 g/mol. The monoisotopic (exact) mass is 362 g/mol. The second kappa shape index (κ2) is 7.25. The number of aldehydes is 1. The highest BCUT2D eigenvalue weighted by Gasteiger charge is 2.45. The lowest BCUT2D eigenvalue weighted by molar-refractivity contribution is -0.124. The molecule has 0 bridgehead atoms. The Hall–Kier alpha value is -2.74. The van der Waals surface area contributed by atoms with E-state index in [2.05, 4.69) is 10.3 Å². The summed E-state index contributed by atoms with van der Waals surface area (Å²) < 4.78 is 24.9. The molecule has 2 N–H and O–H groups in total. The van der Waals surface area contributed by atoms with Gasteiger partial charge in [0.05, 0.1) is 24.8 Å². The van der Waals surface area contributed by atoms with Crippen molar-refractivity contribution in [2.45, 2.75) is 25.2 Å². The Bertz CT molecular complexity index is 842. The zero-order chi connectivity index (χ0) is 18.8. The summed E-state index contributed by atoms with van der Waals surface area (Å²) in [6, 6.07) is 4.34. The first-order valence-electron chi connectivity index (χ1n) is 8.13. The summed E-state index contributed by atoms with van der Waals surface area (Å²) in [5.41, 5.74) is 0.398. The van der Waals surface area contributed by atoms with E-state index in [-0.39, 0.29) is 12.5 Å². The van der Waals surface area contributed by atoms with Gasteiger partial charge in [-0.25, -0.2) is 9.37 Å². The number of ether oxygens (including phenoxy) is 2. The maximum atomic E-state index is 14.0. The van der Waals surface area contributed by atoms with E-state index < -0.39 is 30.1 Å². The number of benzene rings is 1. The predicted octanol–water partition coefficient (Wildman–Crippen LogP) is 1.27. The van der Waals surface area contributed by atoms with Crippen LogP contribution in [0.4, 0.5) is 4.39 Å². The zero-order valence-electron chi connectivity index (χ0n) is 14.3. The predicted molar refractivity (Wildman–Crippen MR) is 91.2 cm³/mol. The average Bonchev–Trinajstić information content (AvgIpc) is 2.92. The van der Waals surface area contributed by atoms with E-state index in [1.165, 1.54) is 20.2 Å². The summed E-state index contributed by atoms with van der Waals surface area (Å²) in [4.78, 5) is 26.9.